The monoisotopic (exact) mass is 438 g/mol. The number of carbonyl (C=O) groups excluding carboxylic acids is 2. The van der Waals surface area contributed by atoms with Crippen LogP contribution in [0, 0.1) is 13.8 Å². The molecule has 2 rings (SSSR count). The average molecular weight is 439 g/mol. The number of carbonyl (C=O) groups is 2. The first-order chi connectivity index (χ1) is 12.3. The lowest BCUT2D eigenvalue weighted by atomic mass is 10.2. The van der Waals surface area contributed by atoms with Gasteiger partial charge in [-0.15, -0.1) is 11.3 Å². The zero-order valence-corrected chi connectivity index (χ0v) is 17.8. The van der Waals surface area contributed by atoms with E-state index in [-0.39, 0.29) is 18.4 Å². The van der Waals surface area contributed by atoms with Crippen LogP contribution in [-0.2, 0) is 4.79 Å². The summed E-state index contributed by atoms with van der Waals surface area (Å²) in [6.45, 7) is 4.98. The van der Waals surface area contributed by atoms with E-state index in [9.17, 15) is 9.59 Å². The number of hydrogen-bond acceptors (Lipinski definition) is 5. The van der Waals surface area contributed by atoms with Crippen molar-refractivity contribution in [1.29, 1.82) is 0 Å². The van der Waals surface area contributed by atoms with Gasteiger partial charge >= 0.3 is 0 Å². The fraction of sp³-hybridized carbons (Fsp3) is 0.389. The molecule has 0 radical (unpaired) electrons. The maximum atomic E-state index is 12.8. The van der Waals surface area contributed by atoms with Gasteiger partial charge < -0.3 is 15.1 Å². The number of hydrogen-bond donors (Lipinski definition) is 1. The van der Waals surface area contributed by atoms with Crippen LogP contribution in [0.2, 0.25) is 0 Å². The third-order valence-corrected chi connectivity index (χ3v) is 5.27. The van der Waals surface area contributed by atoms with E-state index >= 15 is 0 Å². The molecule has 1 N–H and O–H groups in total. The van der Waals surface area contributed by atoms with Crippen LogP contribution >= 0.6 is 27.3 Å². The Morgan fingerprint density at radius 3 is 2.54 bits per heavy atom. The quantitative estimate of drug-likeness (QED) is 0.720. The van der Waals surface area contributed by atoms with E-state index in [1.807, 2.05) is 45.0 Å². The Labute approximate surface area is 166 Å². The van der Waals surface area contributed by atoms with Crippen molar-refractivity contribution in [2.24, 2.45) is 0 Å². The normalized spacial score (nSPS) is 10.8. The third kappa shape index (κ3) is 5.89. The molecule has 0 aliphatic carbocycles. The van der Waals surface area contributed by atoms with Gasteiger partial charge in [0.1, 0.15) is 6.54 Å². The van der Waals surface area contributed by atoms with Crippen molar-refractivity contribution in [1.82, 2.24) is 14.8 Å². The van der Waals surface area contributed by atoms with E-state index in [2.05, 4.69) is 26.2 Å². The lowest BCUT2D eigenvalue weighted by Crippen LogP contribution is -2.41. The number of rotatable bonds is 7. The molecule has 1 heterocycles. The Morgan fingerprint density at radius 1 is 1.23 bits per heavy atom. The van der Waals surface area contributed by atoms with Gasteiger partial charge in [0.15, 0.2) is 5.13 Å². The first-order valence-electron chi connectivity index (χ1n) is 8.19. The SMILES string of the molecule is Cc1nc(NC(=O)CN(CCN(C)C)C(=O)c2cccc(Br)c2)sc1C. The van der Waals surface area contributed by atoms with Gasteiger partial charge in [-0.25, -0.2) is 4.98 Å². The van der Waals surface area contributed by atoms with Crippen LogP contribution < -0.4 is 5.32 Å². The Hall–Kier alpha value is -1.77. The predicted molar refractivity (Wildman–Crippen MR) is 109 cm³/mol. The van der Waals surface area contributed by atoms with Crippen molar-refractivity contribution in [3.05, 3.63) is 44.9 Å². The number of nitrogens with zero attached hydrogens (tertiary/aromatic N) is 3. The average Bonchev–Trinajstić information content (AvgIpc) is 2.88. The second-order valence-electron chi connectivity index (χ2n) is 6.25. The van der Waals surface area contributed by atoms with E-state index in [1.165, 1.54) is 11.3 Å². The van der Waals surface area contributed by atoms with Gasteiger partial charge in [0, 0.05) is 28.0 Å². The van der Waals surface area contributed by atoms with E-state index < -0.39 is 0 Å². The zero-order valence-electron chi connectivity index (χ0n) is 15.4. The van der Waals surface area contributed by atoms with Gasteiger partial charge in [-0.1, -0.05) is 22.0 Å². The number of nitrogens with one attached hydrogen (secondary N) is 1. The second-order valence-corrected chi connectivity index (χ2v) is 8.37. The molecule has 0 saturated carbocycles. The fourth-order valence-electron chi connectivity index (χ4n) is 2.24. The van der Waals surface area contributed by atoms with Gasteiger partial charge in [-0.3, -0.25) is 9.59 Å². The number of aromatic nitrogens is 1. The highest BCUT2D eigenvalue weighted by Crippen LogP contribution is 2.21. The third-order valence-electron chi connectivity index (χ3n) is 3.79. The topological polar surface area (TPSA) is 65.5 Å². The maximum Gasteiger partial charge on any atom is 0.254 e. The molecule has 0 fully saturated rings. The highest BCUT2D eigenvalue weighted by Gasteiger charge is 2.20. The zero-order chi connectivity index (χ0) is 19.3. The fourth-order valence-corrected chi connectivity index (χ4v) is 3.47. The number of aryl methyl sites for hydroxylation is 2. The Bertz CT molecular complexity index is 772. The van der Waals surface area contributed by atoms with Gasteiger partial charge in [0.2, 0.25) is 5.91 Å². The van der Waals surface area contributed by atoms with Crippen molar-refractivity contribution < 1.29 is 9.59 Å². The predicted octanol–water partition coefficient (Wildman–Crippen LogP) is 3.16. The van der Waals surface area contributed by atoms with Crippen molar-refractivity contribution in [3.63, 3.8) is 0 Å². The van der Waals surface area contributed by atoms with Crippen LogP contribution in [-0.4, -0.2) is 60.3 Å². The molecule has 0 saturated heterocycles. The van der Waals surface area contributed by atoms with Gasteiger partial charge in [-0.05, 0) is 46.1 Å². The number of thiazole rings is 1. The van der Waals surface area contributed by atoms with Crippen LogP contribution in [0.3, 0.4) is 0 Å². The minimum atomic E-state index is -0.249. The van der Waals surface area contributed by atoms with Gasteiger partial charge in [0.25, 0.3) is 5.91 Å². The summed E-state index contributed by atoms with van der Waals surface area (Å²) in [5, 5.41) is 3.35. The summed E-state index contributed by atoms with van der Waals surface area (Å²) in [5.74, 6) is -0.421. The molecule has 0 atom stereocenters. The van der Waals surface area contributed by atoms with Gasteiger partial charge in [-0.2, -0.15) is 0 Å². The smallest absolute Gasteiger partial charge is 0.254 e. The van der Waals surface area contributed by atoms with Gasteiger partial charge in [0.05, 0.1) is 5.69 Å². The highest BCUT2D eigenvalue weighted by atomic mass is 79.9. The molecule has 0 aliphatic heterocycles. The molecule has 0 unspecified atom stereocenters. The summed E-state index contributed by atoms with van der Waals surface area (Å²) in [7, 11) is 3.87. The van der Waals surface area contributed by atoms with Crippen molar-refractivity contribution in [3.8, 4) is 0 Å². The summed E-state index contributed by atoms with van der Waals surface area (Å²) in [6.07, 6.45) is 0. The van der Waals surface area contributed by atoms with E-state index in [0.29, 0.717) is 23.8 Å². The molecule has 0 spiro atoms. The van der Waals surface area contributed by atoms with Crippen LogP contribution in [0.15, 0.2) is 28.7 Å². The maximum absolute atomic E-state index is 12.8. The van der Waals surface area contributed by atoms with E-state index in [4.69, 9.17) is 0 Å². The summed E-state index contributed by atoms with van der Waals surface area (Å²) in [5.41, 5.74) is 1.45. The molecular formula is C18H23BrN4O2S. The number of amides is 2. The van der Waals surface area contributed by atoms with Crippen LogP contribution in [0.25, 0.3) is 0 Å². The largest absolute Gasteiger partial charge is 0.328 e. The Balaban J connectivity index is 2.10. The summed E-state index contributed by atoms with van der Waals surface area (Å²) in [6, 6.07) is 7.18. The van der Waals surface area contributed by atoms with Crippen LogP contribution in [0.5, 0.6) is 0 Å². The lowest BCUT2D eigenvalue weighted by molar-refractivity contribution is -0.116. The molecule has 0 aliphatic rings. The molecule has 1 aromatic carbocycles. The van der Waals surface area contributed by atoms with Crippen LogP contribution in [0.1, 0.15) is 20.9 Å². The van der Waals surface area contributed by atoms with Crippen molar-refractivity contribution in [2.75, 3.05) is 39.0 Å². The number of benzene rings is 1. The molecule has 1 aromatic heterocycles. The standard InChI is InChI=1S/C18H23BrN4O2S/c1-12-13(2)26-18(20-12)21-16(24)11-23(9-8-22(3)4)17(25)14-6-5-7-15(19)10-14/h5-7,10H,8-9,11H2,1-4H3,(H,20,21,24). The molecule has 140 valence electrons. The first-order valence-corrected chi connectivity index (χ1v) is 9.80. The lowest BCUT2D eigenvalue weighted by Gasteiger charge is -2.24. The molecule has 8 heteroatoms. The molecule has 0 bridgehead atoms. The number of anilines is 1. The Morgan fingerprint density at radius 2 is 1.96 bits per heavy atom. The van der Waals surface area contributed by atoms with Crippen LogP contribution in [0.4, 0.5) is 5.13 Å². The highest BCUT2D eigenvalue weighted by molar-refractivity contribution is 9.10. The molecule has 2 aromatic rings. The summed E-state index contributed by atoms with van der Waals surface area (Å²) in [4.78, 5) is 34.2. The summed E-state index contributed by atoms with van der Waals surface area (Å²) < 4.78 is 0.828. The molecule has 6 nitrogen and oxygen atoms in total. The van der Waals surface area contributed by atoms with Crippen molar-refractivity contribution in [2.45, 2.75) is 13.8 Å². The summed E-state index contributed by atoms with van der Waals surface area (Å²) >= 11 is 4.81. The molecular weight excluding hydrogens is 416 g/mol. The van der Waals surface area contributed by atoms with E-state index in [1.54, 1.807) is 17.0 Å². The second kappa shape index (κ2) is 9.25. The molecule has 2 amide bonds. The minimum Gasteiger partial charge on any atom is -0.328 e. The van der Waals surface area contributed by atoms with E-state index in [0.717, 1.165) is 15.0 Å². The minimum absolute atomic E-state index is 0.0170. The number of halogens is 1. The molecule has 26 heavy (non-hydrogen) atoms. The number of likely N-dealkylation sites (N-methyl/N-ethyl adjacent to an activating group) is 1. The Kier molecular flexibility index (Phi) is 7.31. The first kappa shape index (κ1) is 20.5. The van der Waals surface area contributed by atoms with Crippen molar-refractivity contribution >= 4 is 44.2 Å².